The van der Waals surface area contributed by atoms with Crippen LogP contribution in [0, 0.1) is 0 Å². The first-order valence-corrected chi connectivity index (χ1v) is 2.65. The molecule has 0 amide bonds. The maximum Gasteiger partial charge on any atom is 0.0693 e. The molecule has 0 radical (unpaired) electrons. The Balaban J connectivity index is 0. The minimum absolute atomic E-state index is 0.122. The molecular weight excluding hydrogens is 124 g/mol. The summed E-state index contributed by atoms with van der Waals surface area (Å²) in [4.78, 5) is 0. The van der Waals surface area contributed by atoms with E-state index in [1.165, 1.54) is 0 Å². The van der Waals surface area contributed by atoms with Gasteiger partial charge in [-0.2, -0.15) is 0 Å². The molecule has 0 bridgehead atoms. The van der Waals surface area contributed by atoms with Gasteiger partial charge in [-0.25, -0.2) is 0 Å². The molecule has 0 aromatic rings. The van der Waals surface area contributed by atoms with E-state index in [1.807, 2.05) is 0 Å². The van der Waals surface area contributed by atoms with Crippen molar-refractivity contribution < 1.29 is 20.1 Å². The van der Waals surface area contributed by atoms with Crippen LogP contribution in [0.2, 0.25) is 0 Å². The third kappa shape index (κ3) is 33.2. The molecule has 0 saturated carbocycles. The number of aliphatic hydroxyl groups is 3. The molecule has 0 rings (SSSR count). The van der Waals surface area contributed by atoms with Crippen LogP contribution in [0.15, 0.2) is 0 Å². The second-order valence-electron chi connectivity index (χ2n) is 1.16. The van der Waals surface area contributed by atoms with Crippen molar-refractivity contribution >= 4 is 0 Å². The first-order chi connectivity index (χ1) is 4.33. The topological polar surface area (TPSA) is 69.9 Å². The van der Waals surface area contributed by atoms with Gasteiger partial charge in [0.15, 0.2) is 0 Å². The molecule has 9 heavy (non-hydrogen) atoms. The van der Waals surface area contributed by atoms with Gasteiger partial charge in [-0.1, -0.05) is 0 Å². The molecule has 4 heteroatoms. The Morgan fingerprint density at radius 1 is 1.00 bits per heavy atom. The molecule has 0 saturated heterocycles. The van der Waals surface area contributed by atoms with Gasteiger partial charge in [0.05, 0.1) is 26.4 Å². The molecule has 4 nitrogen and oxygen atoms in total. The van der Waals surface area contributed by atoms with Gasteiger partial charge in [0.2, 0.25) is 0 Å². The third-order valence-corrected chi connectivity index (χ3v) is 0.395. The minimum atomic E-state index is -0.125. The summed E-state index contributed by atoms with van der Waals surface area (Å²) in [6.07, 6.45) is 0. The Morgan fingerprint density at radius 3 is 1.44 bits per heavy atom. The summed E-state index contributed by atoms with van der Waals surface area (Å²) >= 11 is 0. The molecular formula is C5H14O4. The van der Waals surface area contributed by atoms with Gasteiger partial charge in [0.25, 0.3) is 0 Å². The van der Waals surface area contributed by atoms with Crippen molar-refractivity contribution in [3.8, 4) is 0 Å². The molecule has 0 heterocycles. The van der Waals surface area contributed by atoms with Crippen LogP contribution in [0.3, 0.4) is 0 Å². The largest absolute Gasteiger partial charge is 0.394 e. The molecule has 0 aliphatic carbocycles. The molecule has 0 aliphatic heterocycles. The van der Waals surface area contributed by atoms with E-state index >= 15 is 0 Å². The van der Waals surface area contributed by atoms with Crippen molar-refractivity contribution in [2.75, 3.05) is 33.5 Å². The van der Waals surface area contributed by atoms with Gasteiger partial charge in [0.1, 0.15) is 0 Å². The van der Waals surface area contributed by atoms with Crippen LogP contribution in [0.5, 0.6) is 0 Å². The molecule has 3 N–H and O–H groups in total. The molecule has 0 fully saturated rings. The Labute approximate surface area is 54.7 Å². The van der Waals surface area contributed by atoms with Crippen LogP contribution in [-0.4, -0.2) is 48.9 Å². The first-order valence-electron chi connectivity index (χ1n) is 2.65. The number of hydrogen-bond acceptors (Lipinski definition) is 4. The molecule has 0 spiro atoms. The quantitative estimate of drug-likeness (QED) is 0.448. The van der Waals surface area contributed by atoms with E-state index in [-0.39, 0.29) is 19.8 Å². The fraction of sp³-hybridized carbons (Fsp3) is 1.00. The van der Waals surface area contributed by atoms with E-state index < -0.39 is 0 Å². The lowest BCUT2D eigenvalue weighted by Gasteiger charge is -1.84. The summed E-state index contributed by atoms with van der Waals surface area (Å²) < 4.78 is 4.44. The standard InChI is InChI=1S/C3H8O2.C2H6O2/c1-5-3-2-4;3-1-2-4/h4H,2-3H2,1H3;3-4H,1-2H2. The van der Waals surface area contributed by atoms with Crippen LogP contribution in [0.1, 0.15) is 0 Å². The summed E-state index contributed by atoms with van der Waals surface area (Å²) in [5.74, 6) is 0. The second kappa shape index (κ2) is 15.7. The average Bonchev–Trinajstić information content (AvgIpc) is 1.91. The zero-order chi connectivity index (χ0) is 7.54. The van der Waals surface area contributed by atoms with E-state index in [9.17, 15) is 0 Å². The monoisotopic (exact) mass is 138 g/mol. The van der Waals surface area contributed by atoms with Crippen molar-refractivity contribution in [2.45, 2.75) is 0 Å². The lowest BCUT2D eigenvalue weighted by molar-refractivity contribution is 0.135. The Hall–Kier alpha value is -0.160. The van der Waals surface area contributed by atoms with E-state index in [4.69, 9.17) is 15.3 Å². The highest BCUT2D eigenvalue weighted by Gasteiger charge is 1.67. The van der Waals surface area contributed by atoms with Crippen LogP contribution in [0.4, 0.5) is 0 Å². The summed E-state index contributed by atoms with van der Waals surface area (Å²) in [5, 5.41) is 23.2. The Bertz CT molecular complexity index is 28.1. The zero-order valence-electron chi connectivity index (χ0n) is 5.58. The van der Waals surface area contributed by atoms with Crippen LogP contribution in [-0.2, 0) is 4.74 Å². The number of hydrogen-bond donors (Lipinski definition) is 3. The highest BCUT2D eigenvalue weighted by Crippen LogP contribution is 1.56. The lowest BCUT2D eigenvalue weighted by atomic mass is 10.8. The fourth-order valence-electron chi connectivity index (χ4n) is 0.0913. The predicted octanol–water partition coefficient (Wildman–Crippen LogP) is -1.40. The van der Waals surface area contributed by atoms with Gasteiger partial charge in [-0.3, -0.25) is 0 Å². The third-order valence-electron chi connectivity index (χ3n) is 0.395. The van der Waals surface area contributed by atoms with Crippen molar-refractivity contribution in [3.05, 3.63) is 0 Å². The van der Waals surface area contributed by atoms with E-state index in [0.717, 1.165) is 0 Å². The Kier molecular flexibility index (Phi) is 20.2. The van der Waals surface area contributed by atoms with E-state index in [2.05, 4.69) is 4.74 Å². The number of rotatable bonds is 3. The summed E-state index contributed by atoms with van der Waals surface area (Å²) in [7, 11) is 1.55. The van der Waals surface area contributed by atoms with Crippen LogP contribution < -0.4 is 0 Å². The van der Waals surface area contributed by atoms with Crippen LogP contribution >= 0.6 is 0 Å². The lowest BCUT2D eigenvalue weighted by Crippen LogP contribution is -1.91. The molecule has 0 unspecified atom stereocenters. The van der Waals surface area contributed by atoms with Gasteiger partial charge in [-0.15, -0.1) is 0 Å². The van der Waals surface area contributed by atoms with Crippen molar-refractivity contribution in [1.29, 1.82) is 0 Å². The summed E-state index contributed by atoms with van der Waals surface area (Å²) in [5.41, 5.74) is 0. The fourth-order valence-corrected chi connectivity index (χ4v) is 0.0913. The molecule has 0 aromatic heterocycles. The smallest absolute Gasteiger partial charge is 0.0693 e. The molecule has 0 aliphatic rings. The second-order valence-corrected chi connectivity index (χ2v) is 1.16. The van der Waals surface area contributed by atoms with Gasteiger partial charge >= 0.3 is 0 Å². The maximum atomic E-state index is 7.94. The number of methoxy groups -OCH3 is 1. The predicted molar refractivity (Wildman–Crippen MR) is 33.1 cm³/mol. The number of aliphatic hydroxyl groups excluding tert-OH is 3. The normalized spacial score (nSPS) is 8.00. The number of ether oxygens (including phenoxy) is 1. The van der Waals surface area contributed by atoms with Crippen molar-refractivity contribution in [1.82, 2.24) is 0 Å². The molecule has 0 aromatic carbocycles. The zero-order valence-corrected chi connectivity index (χ0v) is 5.58. The maximum absolute atomic E-state index is 7.94. The van der Waals surface area contributed by atoms with Gasteiger partial charge < -0.3 is 20.1 Å². The highest BCUT2D eigenvalue weighted by atomic mass is 16.5. The van der Waals surface area contributed by atoms with Gasteiger partial charge in [-0.05, 0) is 0 Å². The summed E-state index contributed by atoms with van der Waals surface area (Å²) in [6.45, 7) is 0.316. The first kappa shape index (κ1) is 11.6. The van der Waals surface area contributed by atoms with Gasteiger partial charge in [0, 0.05) is 7.11 Å². The van der Waals surface area contributed by atoms with Crippen molar-refractivity contribution in [2.24, 2.45) is 0 Å². The summed E-state index contributed by atoms with van der Waals surface area (Å²) in [6, 6.07) is 0. The molecule has 58 valence electrons. The van der Waals surface area contributed by atoms with E-state index in [0.29, 0.717) is 6.61 Å². The van der Waals surface area contributed by atoms with Crippen molar-refractivity contribution in [3.63, 3.8) is 0 Å². The highest BCUT2D eigenvalue weighted by molar-refractivity contribution is 4.12. The van der Waals surface area contributed by atoms with E-state index in [1.54, 1.807) is 7.11 Å². The average molecular weight is 138 g/mol. The van der Waals surface area contributed by atoms with Crippen LogP contribution in [0.25, 0.3) is 0 Å². The minimum Gasteiger partial charge on any atom is -0.394 e. The Morgan fingerprint density at radius 2 is 1.44 bits per heavy atom. The molecule has 0 atom stereocenters. The SMILES string of the molecule is COCCO.OCCO.